The zero-order valence-electron chi connectivity index (χ0n) is 19.1. The van der Waals surface area contributed by atoms with Crippen molar-refractivity contribution in [2.75, 3.05) is 13.9 Å². The lowest BCUT2D eigenvalue weighted by atomic mass is 9.86. The third-order valence-corrected chi connectivity index (χ3v) is 11.2. The van der Waals surface area contributed by atoms with E-state index >= 15 is 0 Å². The molecule has 28 heavy (non-hydrogen) atoms. The van der Waals surface area contributed by atoms with Crippen LogP contribution in [-0.2, 0) is 15.6 Å². The van der Waals surface area contributed by atoms with Crippen molar-refractivity contribution in [2.24, 2.45) is 5.92 Å². The summed E-state index contributed by atoms with van der Waals surface area (Å²) in [5, 5.41) is 0.308. The minimum atomic E-state index is -1.64. The van der Waals surface area contributed by atoms with Crippen LogP contribution >= 0.6 is 0 Å². The van der Waals surface area contributed by atoms with Gasteiger partial charge in [0.05, 0.1) is 0 Å². The molecular weight excluding hydrogens is 364 g/mol. The lowest BCUT2D eigenvalue weighted by Gasteiger charge is -2.40. The van der Waals surface area contributed by atoms with E-state index in [1.807, 2.05) is 0 Å². The maximum absolute atomic E-state index is 6.70. The van der Waals surface area contributed by atoms with E-state index in [9.17, 15) is 0 Å². The third kappa shape index (κ3) is 7.53. The predicted octanol–water partition coefficient (Wildman–Crippen LogP) is 6.96. The molecule has 0 saturated heterocycles. The summed E-state index contributed by atoms with van der Waals surface area (Å²) >= 11 is 0. The van der Waals surface area contributed by atoms with Crippen molar-refractivity contribution in [1.29, 1.82) is 0 Å². The average molecular weight is 407 g/mol. The molecule has 160 valence electrons. The summed E-state index contributed by atoms with van der Waals surface area (Å²) in [6, 6.07) is 8.48. The van der Waals surface area contributed by atoms with Crippen LogP contribution in [0.3, 0.4) is 0 Å². The van der Waals surface area contributed by atoms with Crippen molar-refractivity contribution in [3.63, 3.8) is 0 Å². The molecule has 0 N–H and O–H groups in total. The van der Waals surface area contributed by atoms with Crippen LogP contribution in [0.1, 0.15) is 71.3 Å². The van der Waals surface area contributed by atoms with Gasteiger partial charge in [0, 0.05) is 13.2 Å². The monoisotopic (exact) mass is 406 g/mol. The third-order valence-electron chi connectivity index (χ3n) is 6.65. The summed E-state index contributed by atoms with van der Waals surface area (Å²) in [5.41, 5.74) is 1.41. The molecule has 1 saturated carbocycles. The largest absolute Gasteiger partial charge is 0.468 e. The van der Waals surface area contributed by atoms with Crippen molar-refractivity contribution in [1.82, 2.24) is 0 Å². The van der Waals surface area contributed by atoms with Gasteiger partial charge >= 0.3 is 0 Å². The van der Waals surface area contributed by atoms with Gasteiger partial charge in [0.1, 0.15) is 5.75 Å². The van der Waals surface area contributed by atoms with Crippen molar-refractivity contribution in [3.8, 4) is 5.75 Å². The van der Waals surface area contributed by atoms with Crippen LogP contribution in [0.2, 0.25) is 18.1 Å². The highest BCUT2D eigenvalue weighted by atomic mass is 28.4. The molecule has 0 aromatic heterocycles. The highest BCUT2D eigenvalue weighted by Crippen LogP contribution is 2.39. The number of aryl methyl sites for hydroxylation is 1. The maximum Gasteiger partial charge on any atom is 0.192 e. The summed E-state index contributed by atoms with van der Waals surface area (Å²) in [6.45, 7) is 12.1. The first-order valence-electron chi connectivity index (χ1n) is 11.1. The molecule has 1 fully saturated rings. The van der Waals surface area contributed by atoms with E-state index in [4.69, 9.17) is 13.9 Å². The van der Waals surface area contributed by atoms with E-state index < -0.39 is 8.32 Å². The topological polar surface area (TPSA) is 27.7 Å². The van der Waals surface area contributed by atoms with Crippen LogP contribution in [0, 0.1) is 5.92 Å². The Morgan fingerprint density at radius 2 is 1.57 bits per heavy atom. The zero-order valence-corrected chi connectivity index (χ0v) is 20.1. The molecule has 1 aliphatic carbocycles. The molecule has 0 unspecified atom stereocenters. The first-order valence-corrected chi connectivity index (χ1v) is 14.0. The van der Waals surface area contributed by atoms with Gasteiger partial charge < -0.3 is 13.9 Å². The standard InChI is InChI=1S/C24H42O3Si/c1-24(2,3)28(5,6)27-23-11-7-9-20(10-8-12-23)13-14-21-15-17-22(18-16-21)26-19-25-4/h15-18,20,23H,7-14,19H2,1-6H3. The minimum Gasteiger partial charge on any atom is -0.468 e. The van der Waals surface area contributed by atoms with Crippen LogP contribution in [0.15, 0.2) is 24.3 Å². The first-order chi connectivity index (χ1) is 13.2. The van der Waals surface area contributed by atoms with Gasteiger partial charge in [-0.15, -0.1) is 0 Å². The predicted molar refractivity (Wildman–Crippen MR) is 121 cm³/mol. The number of methoxy groups -OCH3 is 1. The van der Waals surface area contributed by atoms with Crippen molar-refractivity contribution in [3.05, 3.63) is 29.8 Å². The van der Waals surface area contributed by atoms with Crippen LogP contribution in [0.25, 0.3) is 0 Å². The fourth-order valence-electron chi connectivity index (χ4n) is 3.81. The van der Waals surface area contributed by atoms with Gasteiger partial charge in [-0.05, 0) is 67.4 Å². The molecule has 0 bridgehead atoms. The summed E-state index contributed by atoms with van der Waals surface area (Å²) in [5.74, 6) is 1.74. The van der Waals surface area contributed by atoms with Gasteiger partial charge in [-0.3, -0.25) is 0 Å². The Labute approximate surface area is 174 Å². The molecule has 3 nitrogen and oxygen atoms in total. The highest BCUT2D eigenvalue weighted by Gasteiger charge is 2.39. The van der Waals surface area contributed by atoms with Crippen LogP contribution in [-0.4, -0.2) is 28.3 Å². The average Bonchev–Trinajstić information content (AvgIpc) is 2.61. The van der Waals surface area contributed by atoms with Gasteiger partial charge in [-0.2, -0.15) is 0 Å². The highest BCUT2D eigenvalue weighted by molar-refractivity contribution is 6.74. The number of hydrogen-bond donors (Lipinski definition) is 0. The van der Waals surface area contributed by atoms with E-state index in [2.05, 4.69) is 58.1 Å². The molecule has 1 aromatic rings. The molecule has 0 spiro atoms. The van der Waals surface area contributed by atoms with E-state index in [0.29, 0.717) is 17.9 Å². The number of ether oxygens (including phenoxy) is 2. The fraction of sp³-hybridized carbons (Fsp3) is 0.750. The maximum atomic E-state index is 6.70. The fourth-order valence-corrected chi connectivity index (χ4v) is 5.23. The second-order valence-corrected chi connectivity index (χ2v) is 14.7. The van der Waals surface area contributed by atoms with Crippen LogP contribution in [0.4, 0.5) is 0 Å². The number of rotatable bonds is 8. The van der Waals surface area contributed by atoms with E-state index in [-0.39, 0.29) is 0 Å². The Balaban J connectivity index is 1.74. The SMILES string of the molecule is COCOc1ccc(CCC2CCCC(O[Si](C)(C)C(C)(C)C)CCC2)cc1. The summed E-state index contributed by atoms with van der Waals surface area (Å²) in [4.78, 5) is 0. The molecule has 2 rings (SSSR count). The second kappa shape index (κ2) is 10.8. The Hall–Kier alpha value is -0.843. The second-order valence-electron chi connectivity index (χ2n) is 9.96. The molecule has 0 radical (unpaired) electrons. The van der Waals surface area contributed by atoms with E-state index in [1.54, 1.807) is 7.11 Å². The smallest absolute Gasteiger partial charge is 0.192 e. The van der Waals surface area contributed by atoms with E-state index in [1.165, 1.54) is 56.9 Å². The van der Waals surface area contributed by atoms with Crippen molar-refractivity contribution in [2.45, 2.75) is 96.4 Å². The number of benzene rings is 1. The normalized spacial score (nSPS) is 21.8. The zero-order chi connectivity index (χ0) is 20.6. The summed E-state index contributed by atoms with van der Waals surface area (Å²) in [6.07, 6.45) is 10.8. The first kappa shape index (κ1) is 23.4. The molecule has 1 aliphatic rings. The lowest BCUT2D eigenvalue weighted by molar-refractivity contribution is 0.0511. The Morgan fingerprint density at radius 3 is 2.11 bits per heavy atom. The molecule has 0 aliphatic heterocycles. The summed E-state index contributed by atoms with van der Waals surface area (Å²) < 4.78 is 17.1. The quantitative estimate of drug-likeness (QED) is 0.345. The molecule has 4 heteroatoms. The Bertz CT molecular complexity index is 552. The van der Waals surface area contributed by atoms with Gasteiger partial charge in [-0.25, -0.2) is 0 Å². The van der Waals surface area contributed by atoms with Crippen molar-refractivity contribution >= 4 is 8.32 Å². The minimum absolute atomic E-state index is 0.307. The molecular formula is C24H42O3Si. The molecule has 0 atom stereocenters. The Kier molecular flexibility index (Phi) is 9.04. The van der Waals surface area contributed by atoms with Gasteiger partial charge in [0.25, 0.3) is 0 Å². The molecule has 1 aromatic carbocycles. The van der Waals surface area contributed by atoms with Crippen molar-refractivity contribution < 1.29 is 13.9 Å². The molecule has 0 amide bonds. The Morgan fingerprint density at radius 1 is 0.964 bits per heavy atom. The number of hydrogen-bond acceptors (Lipinski definition) is 3. The van der Waals surface area contributed by atoms with Crippen LogP contribution in [0.5, 0.6) is 5.75 Å². The van der Waals surface area contributed by atoms with E-state index in [0.717, 1.165) is 11.7 Å². The summed E-state index contributed by atoms with van der Waals surface area (Å²) in [7, 11) is 0.00512. The lowest BCUT2D eigenvalue weighted by Crippen LogP contribution is -2.44. The van der Waals surface area contributed by atoms with Gasteiger partial charge in [-0.1, -0.05) is 58.6 Å². The van der Waals surface area contributed by atoms with Crippen LogP contribution < -0.4 is 4.74 Å². The van der Waals surface area contributed by atoms with Gasteiger partial charge in [0.2, 0.25) is 0 Å². The van der Waals surface area contributed by atoms with Gasteiger partial charge in [0.15, 0.2) is 15.1 Å². The molecule has 0 heterocycles.